The molecule has 0 bridgehead atoms. The number of primary amides is 1. The molecule has 4 aromatic carbocycles. The van der Waals surface area contributed by atoms with Crippen molar-refractivity contribution < 1.29 is 53.3 Å². The lowest BCUT2D eigenvalue weighted by molar-refractivity contribution is -0.118. The highest BCUT2D eigenvalue weighted by atomic mass is 16.5. The number of nitrogens with two attached hydrogens (primary N) is 10. The molecule has 0 fully saturated rings. The topological polar surface area (TPSA) is 580 Å². The summed E-state index contributed by atoms with van der Waals surface area (Å²) in [6, 6.07) is 12.1. The van der Waals surface area contributed by atoms with Crippen LogP contribution in [0.5, 0.6) is 17.2 Å². The summed E-state index contributed by atoms with van der Waals surface area (Å²) in [5.74, 6) is -7.98. The van der Waals surface area contributed by atoms with Gasteiger partial charge in [-0.1, -0.05) is 6.07 Å². The number of phenols is 2. The van der Waals surface area contributed by atoms with Gasteiger partial charge in [0.25, 0.3) is 23.6 Å². The quantitative estimate of drug-likeness (QED) is 0.0108. The summed E-state index contributed by atoms with van der Waals surface area (Å²) in [4.78, 5) is 124. The summed E-state index contributed by atoms with van der Waals surface area (Å²) in [5, 5.41) is 40.0. The van der Waals surface area contributed by atoms with Crippen molar-refractivity contribution in [1.29, 1.82) is 0 Å². The zero-order chi connectivity index (χ0) is 62.8. The standard InChI is InChI=1S/C53H73N21O11/c1-85-41-18-15-31(26-34(41)42(55)77)71-47(82)36(10-4-20-65-51(58)59)72-43(78)27-7-2-8-28(23-27)69-48(83)37(11-5-21-66-52(60)61)73-45(80)33-25-30(14-17-40(33)76)70-49(84)38(12-6-22-67-53(62)63)74-44(79)32-24-29(13-16-39(32)75)68-46(81)35(54)9-3-19-64-50(56)57/h2,7-8,13-18,23-26,35-38,75-76H,3-6,9-12,19-22,54H2,1H3,(H2,55,77)(H,68,81)(H,69,83)(H,70,84)(H,71,82)(H,72,78)(H,73,80)(H,74,79)(H4,56,57,64)(H4,58,59,65)(H4,60,61,66)(H4,62,63,67)/t35-,36-,37-,38-/m1/s1. The van der Waals surface area contributed by atoms with E-state index in [9.17, 15) is 48.6 Å². The minimum absolute atomic E-state index is 0.00333. The van der Waals surface area contributed by atoms with Crippen LogP contribution >= 0.6 is 0 Å². The Labute approximate surface area is 487 Å². The molecule has 0 aliphatic rings. The lowest BCUT2D eigenvalue weighted by Gasteiger charge is -2.21. The molecule has 0 spiro atoms. The Morgan fingerprint density at radius 3 is 1.19 bits per heavy atom. The van der Waals surface area contributed by atoms with E-state index in [-0.39, 0.29) is 140 Å². The Kier molecular flexibility index (Phi) is 25.9. The molecule has 4 atom stereocenters. The molecule has 4 aromatic rings. The van der Waals surface area contributed by atoms with Gasteiger partial charge in [-0.05, 0) is 124 Å². The summed E-state index contributed by atoms with van der Waals surface area (Å²) in [6.45, 7) is 0.450. The third kappa shape index (κ3) is 22.5. The molecule has 0 heterocycles. The van der Waals surface area contributed by atoms with Crippen molar-refractivity contribution in [3.8, 4) is 17.2 Å². The molecule has 0 aromatic heterocycles. The molecule has 456 valence electrons. The number of nitrogens with one attached hydrogen (secondary N) is 7. The zero-order valence-corrected chi connectivity index (χ0v) is 46.4. The van der Waals surface area contributed by atoms with Gasteiger partial charge < -0.3 is 110 Å². The number of carbonyl (C=O) groups is 8. The summed E-state index contributed by atoms with van der Waals surface area (Å²) >= 11 is 0. The number of methoxy groups -OCH3 is 1. The summed E-state index contributed by atoms with van der Waals surface area (Å²) in [7, 11) is 1.34. The number of aliphatic imine (C=N–C) groups is 4. The first-order chi connectivity index (χ1) is 40.3. The molecule has 8 amide bonds. The van der Waals surface area contributed by atoms with E-state index < -0.39 is 88.5 Å². The predicted molar refractivity (Wildman–Crippen MR) is 320 cm³/mol. The van der Waals surface area contributed by atoms with Crippen LogP contribution < -0.4 is 99.3 Å². The average Bonchev–Trinajstić information content (AvgIpc) is 3.56. The van der Waals surface area contributed by atoms with Crippen LogP contribution in [0.15, 0.2) is 98.8 Å². The van der Waals surface area contributed by atoms with Gasteiger partial charge in [0.1, 0.15) is 35.4 Å². The highest BCUT2D eigenvalue weighted by molar-refractivity contribution is 6.07. The van der Waals surface area contributed by atoms with Crippen LogP contribution in [-0.4, -0.2) is 139 Å². The third-order valence-corrected chi connectivity index (χ3v) is 12.1. The lowest BCUT2D eigenvalue weighted by atomic mass is 10.1. The molecule has 0 saturated carbocycles. The monoisotopic (exact) mass is 1180 g/mol. The van der Waals surface area contributed by atoms with Crippen LogP contribution in [0.1, 0.15) is 92.8 Å². The van der Waals surface area contributed by atoms with Crippen molar-refractivity contribution in [3.63, 3.8) is 0 Å². The fraction of sp³-hybridized carbons (Fsp3) is 0.321. The number of guanidine groups is 4. The minimum Gasteiger partial charge on any atom is -0.507 e. The number of aromatic hydroxyl groups is 2. The van der Waals surface area contributed by atoms with Crippen molar-refractivity contribution in [2.75, 3.05) is 54.6 Å². The maximum absolute atomic E-state index is 14.1. The second-order valence-electron chi connectivity index (χ2n) is 18.8. The highest BCUT2D eigenvalue weighted by Crippen LogP contribution is 2.26. The van der Waals surface area contributed by atoms with Gasteiger partial charge in [0.2, 0.25) is 23.6 Å². The van der Waals surface area contributed by atoms with E-state index in [0.29, 0.717) is 6.42 Å². The Bertz CT molecular complexity index is 3170. The number of anilines is 4. The average molecular weight is 1180 g/mol. The van der Waals surface area contributed by atoms with Crippen molar-refractivity contribution in [2.24, 2.45) is 77.3 Å². The highest BCUT2D eigenvalue weighted by Gasteiger charge is 2.28. The number of hydrogen-bond donors (Lipinski definition) is 19. The van der Waals surface area contributed by atoms with Crippen molar-refractivity contribution >= 4 is 93.8 Å². The van der Waals surface area contributed by atoms with Crippen molar-refractivity contribution in [1.82, 2.24) is 16.0 Å². The molecule has 29 N–H and O–H groups in total. The lowest BCUT2D eigenvalue weighted by Crippen LogP contribution is -2.44. The van der Waals surface area contributed by atoms with Crippen LogP contribution in [-0.2, 0) is 19.2 Å². The predicted octanol–water partition coefficient (Wildman–Crippen LogP) is -2.10. The van der Waals surface area contributed by atoms with Gasteiger partial charge in [-0.25, -0.2) is 0 Å². The molecule has 0 aliphatic carbocycles. The smallest absolute Gasteiger partial charge is 0.255 e. The molecule has 85 heavy (non-hydrogen) atoms. The van der Waals surface area contributed by atoms with Crippen LogP contribution in [0.25, 0.3) is 0 Å². The van der Waals surface area contributed by atoms with Crippen LogP contribution in [0.3, 0.4) is 0 Å². The van der Waals surface area contributed by atoms with Crippen molar-refractivity contribution in [3.05, 3.63) is 101 Å². The fourth-order valence-electron chi connectivity index (χ4n) is 7.91. The minimum atomic E-state index is -1.35. The third-order valence-electron chi connectivity index (χ3n) is 12.1. The van der Waals surface area contributed by atoms with Crippen LogP contribution in [0.2, 0.25) is 0 Å². The molecule has 0 radical (unpaired) electrons. The maximum Gasteiger partial charge on any atom is 0.255 e. The van der Waals surface area contributed by atoms with Crippen molar-refractivity contribution in [2.45, 2.75) is 75.5 Å². The summed E-state index contributed by atoms with van der Waals surface area (Å²) < 4.78 is 5.18. The number of hydrogen-bond acceptors (Lipinski definition) is 16. The Morgan fingerprint density at radius 1 is 0.447 bits per heavy atom. The number of nitrogens with zero attached hydrogens (tertiary/aromatic N) is 4. The van der Waals surface area contributed by atoms with E-state index >= 15 is 0 Å². The number of carbonyl (C=O) groups excluding carboxylic acids is 8. The fourth-order valence-corrected chi connectivity index (χ4v) is 7.91. The largest absolute Gasteiger partial charge is 0.507 e. The zero-order valence-electron chi connectivity index (χ0n) is 46.4. The van der Waals surface area contributed by atoms with E-state index in [4.69, 9.17) is 62.1 Å². The number of amides is 8. The van der Waals surface area contributed by atoms with E-state index in [1.54, 1.807) is 0 Å². The number of phenolic OH excluding ortho intramolecular Hbond substituents is 2. The second kappa shape index (κ2) is 33.1. The van der Waals surface area contributed by atoms with Gasteiger partial charge in [-0.15, -0.1) is 0 Å². The molecule has 4 rings (SSSR count). The summed E-state index contributed by atoms with van der Waals surface area (Å²) in [6.07, 6.45) is 1.07. The molecule has 32 heteroatoms. The van der Waals surface area contributed by atoms with Gasteiger partial charge in [0.15, 0.2) is 23.8 Å². The first-order valence-electron chi connectivity index (χ1n) is 26.2. The van der Waals surface area contributed by atoms with Crippen LogP contribution in [0, 0.1) is 0 Å². The number of benzene rings is 4. The van der Waals surface area contributed by atoms with Gasteiger partial charge in [0, 0.05) is 54.5 Å². The van der Waals surface area contributed by atoms with E-state index in [1.807, 2.05) is 0 Å². The summed E-state index contributed by atoms with van der Waals surface area (Å²) in [5.41, 5.74) is 54.7. The molecule has 0 saturated heterocycles. The Morgan fingerprint density at radius 2 is 0.800 bits per heavy atom. The first kappa shape index (κ1) is 66.6. The molecular weight excluding hydrogens is 1110 g/mol. The molecule has 0 aliphatic heterocycles. The van der Waals surface area contributed by atoms with Gasteiger partial charge in [0.05, 0.1) is 29.8 Å². The van der Waals surface area contributed by atoms with E-state index in [0.717, 1.165) is 18.2 Å². The maximum atomic E-state index is 14.1. The van der Waals surface area contributed by atoms with Gasteiger partial charge >= 0.3 is 0 Å². The second-order valence-corrected chi connectivity index (χ2v) is 18.8. The van der Waals surface area contributed by atoms with Gasteiger partial charge in [-0.2, -0.15) is 0 Å². The molecule has 32 nitrogen and oxygen atoms in total. The van der Waals surface area contributed by atoms with Crippen LogP contribution in [0.4, 0.5) is 22.7 Å². The number of rotatable bonds is 32. The SMILES string of the molecule is COc1ccc(NC(=O)[C@@H](CCCN=C(N)N)NC(=O)c2cccc(NC(=O)[C@@H](CCCN=C(N)N)NC(=O)c3cc(NC(=O)[C@@H](CCCN=C(N)N)NC(=O)c4cc(NC(=O)[C@H](N)CCCN=C(N)N)ccc4O)ccc3O)c2)cc1C(N)=O. The Balaban J connectivity index is 1.53. The molecular formula is C53H73N21O11. The van der Waals surface area contributed by atoms with E-state index in [2.05, 4.69) is 57.2 Å². The number of ether oxygens (including phenoxy) is 1. The molecule has 0 unspecified atom stereocenters. The first-order valence-corrected chi connectivity index (χ1v) is 26.2. The van der Waals surface area contributed by atoms with E-state index in [1.165, 1.54) is 67.8 Å². The normalized spacial score (nSPS) is 12.0. The van der Waals surface area contributed by atoms with Gasteiger partial charge in [-0.3, -0.25) is 58.3 Å². The Hall–Kier alpha value is -10.9.